The first-order chi connectivity index (χ1) is 12.6. The molecule has 2 aromatic rings. The van der Waals surface area contributed by atoms with Crippen molar-refractivity contribution in [3.05, 3.63) is 71.3 Å². The third-order valence-corrected chi connectivity index (χ3v) is 4.43. The Morgan fingerprint density at radius 3 is 2.65 bits per heavy atom. The molecule has 4 nitrogen and oxygen atoms in total. The van der Waals surface area contributed by atoms with Crippen LogP contribution in [0.4, 0.5) is 0 Å². The molecule has 0 saturated carbocycles. The molecule has 0 fully saturated rings. The highest BCUT2D eigenvalue weighted by Crippen LogP contribution is 2.34. The zero-order valence-electron chi connectivity index (χ0n) is 15.9. The number of aryl methyl sites for hydroxylation is 1. The van der Waals surface area contributed by atoms with Gasteiger partial charge in [0.25, 0.3) is 0 Å². The number of ether oxygens (including phenoxy) is 2. The number of rotatable bonds is 10. The van der Waals surface area contributed by atoms with Crippen molar-refractivity contribution in [3.63, 3.8) is 0 Å². The Kier molecular flexibility index (Phi) is 7.70. The van der Waals surface area contributed by atoms with Gasteiger partial charge in [0.05, 0.1) is 20.3 Å². The average molecular weight is 355 g/mol. The lowest BCUT2D eigenvalue weighted by Crippen LogP contribution is -2.24. The number of nitrogens with one attached hydrogen (secondary N) is 1. The quantitative estimate of drug-likeness (QED) is 0.505. The summed E-state index contributed by atoms with van der Waals surface area (Å²) in [5.74, 6) is 1.50. The van der Waals surface area contributed by atoms with Crippen LogP contribution in [-0.4, -0.2) is 32.4 Å². The monoisotopic (exact) mass is 355 g/mol. The second-order valence-electron chi connectivity index (χ2n) is 6.32. The van der Waals surface area contributed by atoms with Crippen molar-refractivity contribution in [2.24, 2.45) is 0 Å². The lowest BCUT2D eigenvalue weighted by molar-refractivity contribution is 0.175. The summed E-state index contributed by atoms with van der Waals surface area (Å²) in [6, 6.07) is 12.0. The van der Waals surface area contributed by atoms with Gasteiger partial charge in [-0.15, -0.1) is 6.58 Å². The molecule has 0 bridgehead atoms. The smallest absolute Gasteiger partial charge is 0.164 e. The number of methoxy groups -OCH3 is 2. The molecule has 2 rings (SSSR count). The number of allylic oxidation sites excluding steroid dienone is 1. The molecule has 0 saturated heterocycles. The Bertz CT molecular complexity index is 727. The van der Waals surface area contributed by atoms with Crippen LogP contribution in [-0.2, 0) is 12.8 Å². The summed E-state index contributed by atoms with van der Waals surface area (Å²) in [6.45, 7) is 7.16. The molecule has 2 N–H and O–H groups in total. The van der Waals surface area contributed by atoms with Gasteiger partial charge in [-0.1, -0.05) is 42.0 Å². The molecule has 1 atom stereocenters. The predicted octanol–water partition coefficient (Wildman–Crippen LogP) is 3.61. The molecule has 2 aromatic carbocycles. The van der Waals surface area contributed by atoms with Gasteiger partial charge < -0.3 is 19.9 Å². The minimum Gasteiger partial charge on any atom is -0.493 e. The predicted molar refractivity (Wildman–Crippen MR) is 106 cm³/mol. The average Bonchev–Trinajstić information content (AvgIpc) is 2.65. The first-order valence-corrected chi connectivity index (χ1v) is 8.89. The van der Waals surface area contributed by atoms with Crippen molar-refractivity contribution in [2.75, 3.05) is 27.3 Å². The maximum absolute atomic E-state index is 10.3. The summed E-state index contributed by atoms with van der Waals surface area (Å²) < 4.78 is 10.9. The Morgan fingerprint density at radius 1 is 1.19 bits per heavy atom. The minimum atomic E-state index is -0.507. The van der Waals surface area contributed by atoms with E-state index >= 15 is 0 Å². The first-order valence-electron chi connectivity index (χ1n) is 8.89. The highest BCUT2D eigenvalue weighted by atomic mass is 16.5. The highest BCUT2D eigenvalue weighted by molar-refractivity contribution is 5.51. The van der Waals surface area contributed by atoms with E-state index in [1.807, 2.05) is 43.3 Å². The van der Waals surface area contributed by atoms with Gasteiger partial charge in [0.15, 0.2) is 11.5 Å². The number of aliphatic hydroxyl groups excluding tert-OH is 1. The van der Waals surface area contributed by atoms with Gasteiger partial charge in [-0.2, -0.15) is 0 Å². The fraction of sp³-hybridized carbons (Fsp3) is 0.364. The van der Waals surface area contributed by atoms with Crippen molar-refractivity contribution < 1.29 is 14.6 Å². The van der Waals surface area contributed by atoms with E-state index in [9.17, 15) is 5.11 Å². The molecule has 0 radical (unpaired) electrons. The van der Waals surface area contributed by atoms with Crippen LogP contribution >= 0.6 is 0 Å². The van der Waals surface area contributed by atoms with Gasteiger partial charge >= 0.3 is 0 Å². The van der Waals surface area contributed by atoms with Crippen molar-refractivity contribution in [2.45, 2.75) is 25.9 Å². The van der Waals surface area contributed by atoms with Gasteiger partial charge in [0.1, 0.15) is 0 Å². The van der Waals surface area contributed by atoms with Crippen LogP contribution in [0.1, 0.15) is 28.4 Å². The van der Waals surface area contributed by atoms with Crippen LogP contribution in [0.5, 0.6) is 11.5 Å². The zero-order valence-corrected chi connectivity index (χ0v) is 15.9. The molecule has 0 aliphatic heterocycles. The van der Waals surface area contributed by atoms with E-state index in [-0.39, 0.29) is 0 Å². The summed E-state index contributed by atoms with van der Waals surface area (Å²) >= 11 is 0. The van der Waals surface area contributed by atoms with Crippen LogP contribution in [0.2, 0.25) is 0 Å². The number of aliphatic hydroxyl groups is 1. The summed E-state index contributed by atoms with van der Waals surface area (Å²) in [7, 11) is 3.30. The highest BCUT2D eigenvalue weighted by Gasteiger charge is 2.14. The zero-order chi connectivity index (χ0) is 18.9. The van der Waals surface area contributed by atoms with E-state index in [2.05, 4.69) is 18.0 Å². The van der Waals surface area contributed by atoms with Crippen LogP contribution < -0.4 is 14.8 Å². The van der Waals surface area contributed by atoms with E-state index in [4.69, 9.17) is 9.47 Å². The fourth-order valence-electron chi connectivity index (χ4n) is 3.09. The minimum absolute atomic E-state index is 0.507. The molecule has 0 aliphatic carbocycles. The molecule has 1 unspecified atom stereocenters. The van der Waals surface area contributed by atoms with Crippen molar-refractivity contribution >= 4 is 0 Å². The van der Waals surface area contributed by atoms with Gasteiger partial charge in [0.2, 0.25) is 0 Å². The Balaban J connectivity index is 1.97. The summed E-state index contributed by atoms with van der Waals surface area (Å²) in [5.41, 5.74) is 4.39. The molecular formula is C22H29NO3. The Morgan fingerprint density at radius 2 is 2.00 bits per heavy atom. The molecule has 0 spiro atoms. The van der Waals surface area contributed by atoms with E-state index in [0.29, 0.717) is 6.54 Å². The van der Waals surface area contributed by atoms with E-state index < -0.39 is 6.10 Å². The molecule has 4 heteroatoms. The molecule has 0 heterocycles. The van der Waals surface area contributed by atoms with Gasteiger partial charge in [-0.25, -0.2) is 0 Å². The maximum Gasteiger partial charge on any atom is 0.164 e. The van der Waals surface area contributed by atoms with Crippen molar-refractivity contribution in [3.8, 4) is 11.5 Å². The standard InChI is InChI=1S/C22H29NO3/c1-5-7-19-17(10-11-21(25-3)22(19)26-4)12-13-23-15-20(24)18-9-6-8-16(2)14-18/h5-6,8-11,14,20,23-24H,1,7,12-13,15H2,2-4H3. The molecule has 0 amide bonds. The molecule has 140 valence electrons. The Labute approximate surface area is 156 Å². The van der Waals surface area contributed by atoms with E-state index in [1.165, 1.54) is 5.56 Å². The van der Waals surface area contributed by atoms with Gasteiger partial charge in [-0.05, 0) is 43.5 Å². The van der Waals surface area contributed by atoms with Gasteiger partial charge in [0, 0.05) is 12.1 Å². The lowest BCUT2D eigenvalue weighted by Gasteiger charge is -2.17. The number of benzene rings is 2. The number of hydrogen-bond acceptors (Lipinski definition) is 4. The first kappa shape index (κ1) is 20.0. The maximum atomic E-state index is 10.3. The molecule has 0 aromatic heterocycles. The molecule has 26 heavy (non-hydrogen) atoms. The summed E-state index contributed by atoms with van der Waals surface area (Å²) in [4.78, 5) is 0. The van der Waals surface area contributed by atoms with E-state index in [1.54, 1.807) is 14.2 Å². The fourth-order valence-corrected chi connectivity index (χ4v) is 3.09. The van der Waals surface area contributed by atoms with Crippen molar-refractivity contribution in [1.82, 2.24) is 5.32 Å². The van der Waals surface area contributed by atoms with Crippen LogP contribution in [0.25, 0.3) is 0 Å². The van der Waals surface area contributed by atoms with Crippen LogP contribution in [0.3, 0.4) is 0 Å². The van der Waals surface area contributed by atoms with Crippen LogP contribution in [0, 0.1) is 6.92 Å². The third-order valence-electron chi connectivity index (χ3n) is 4.43. The largest absolute Gasteiger partial charge is 0.493 e. The summed E-state index contributed by atoms with van der Waals surface area (Å²) in [5, 5.41) is 13.7. The SMILES string of the molecule is C=CCc1c(CCNCC(O)c2cccc(C)c2)ccc(OC)c1OC. The molecule has 0 aliphatic rings. The number of hydrogen-bond donors (Lipinski definition) is 2. The second-order valence-corrected chi connectivity index (χ2v) is 6.32. The van der Waals surface area contributed by atoms with E-state index in [0.717, 1.165) is 47.6 Å². The third kappa shape index (κ3) is 5.10. The normalized spacial score (nSPS) is 11.8. The topological polar surface area (TPSA) is 50.7 Å². The van der Waals surface area contributed by atoms with Crippen molar-refractivity contribution in [1.29, 1.82) is 0 Å². The molecular weight excluding hydrogens is 326 g/mol. The van der Waals surface area contributed by atoms with Crippen LogP contribution in [0.15, 0.2) is 49.1 Å². The van der Waals surface area contributed by atoms with Gasteiger partial charge in [-0.3, -0.25) is 0 Å². The lowest BCUT2D eigenvalue weighted by atomic mass is 9.99. The second kappa shape index (κ2) is 10.00. The Hall–Kier alpha value is -2.30. The summed E-state index contributed by atoms with van der Waals surface area (Å²) in [6.07, 6.45) is 2.93.